The molecular weight excluding hydrogens is 245 g/mol. The third-order valence-electron chi connectivity index (χ3n) is 3.41. The van der Waals surface area contributed by atoms with E-state index in [1.807, 2.05) is 0 Å². The van der Waals surface area contributed by atoms with Crippen LogP contribution in [0.25, 0.3) is 0 Å². The SMILES string of the molecule is CC(C)N(CC(F)(F)F)C(=O)C1(N)CCCCC1. The minimum absolute atomic E-state index is 0.479. The Balaban J connectivity index is 2.82. The van der Waals surface area contributed by atoms with Crippen LogP contribution in [-0.2, 0) is 4.79 Å². The van der Waals surface area contributed by atoms with Gasteiger partial charge in [0.25, 0.3) is 0 Å². The fourth-order valence-electron chi connectivity index (χ4n) is 2.36. The highest BCUT2D eigenvalue weighted by molar-refractivity contribution is 5.86. The number of alkyl halides is 3. The van der Waals surface area contributed by atoms with Gasteiger partial charge in [-0.25, -0.2) is 0 Å². The maximum atomic E-state index is 12.5. The minimum atomic E-state index is -4.38. The maximum Gasteiger partial charge on any atom is 0.406 e. The molecule has 0 spiro atoms. The first-order valence-electron chi connectivity index (χ1n) is 6.32. The molecule has 0 heterocycles. The summed E-state index contributed by atoms with van der Waals surface area (Å²) in [5, 5.41) is 0. The largest absolute Gasteiger partial charge is 0.406 e. The Morgan fingerprint density at radius 1 is 1.28 bits per heavy atom. The molecule has 2 N–H and O–H groups in total. The Labute approximate surface area is 106 Å². The Morgan fingerprint density at radius 3 is 2.17 bits per heavy atom. The Kier molecular flexibility index (Phi) is 4.64. The molecule has 0 atom stereocenters. The molecule has 0 aromatic rings. The van der Waals surface area contributed by atoms with Crippen molar-refractivity contribution in [3.63, 3.8) is 0 Å². The zero-order valence-electron chi connectivity index (χ0n) is 10.9. The van der Waals surface area contributed by atoms with Crippen molar-refractivity contribution in [1.82, 2.24) is 4.90 Å². The lowest BCUT2D eigenvalue weighted by atomic mass is 9.81. The number of amides is 1. The van der Waals surface area contributed by atoms with Gasteiger partial charge in [0.15, 0.2) is 0 Å². The molecule has 0 radical (unpaired) electrons. The predicted molar refractivity (Wildman–Crippen MR) is 62.9 cm³/mol. The molecule has 0 bridgehead atoms. The van der Waals surface area contributed by atoms with Gasteiger partial charge in [-0.3, -0.25) is 4.79 Å². The molecule has 18 heavy (non-hydrogen) atoms. The van der Waals surface area contributed by atoms with Crippen molar-refractivity contribution < 1.29 is 18.0 Å². The van der Waals surface area contributed by atoms with Crippen LogP contribution in [0.1, 0.15) is 46.0 Å². The quantitative estimate of drug-likeness (QED) is 0.853. The zero-order chi connectivity index (χ0) is 14.0. The maximum absolute atomic E-state index is 12.5. The van der Waals surface area contributed by atoms with E-state index in [0.29, 0.717) is 12.8 Å². The van der Waals surface area contributed by atoms with Gasteiger partial charge in [-0.2, -0.15) is 13.2 Å². The van der Waals surface area contributed by atoms with Crippen LogP contribution in [0.2, 0.25) is 0 Å². The third-order valence-corrected chi connectivity index (χ3v) is 3.41. The van der Waals surface area contributed by atoms with Gasteiger partial charge in [0.05, 0.1) is 5.54 Å². The highest BCUT2D eigenvalue weighted by Gasteiger charge is 2.42. The van der Waals surface area contributed by atoms with Crippen LogP contribution in [0.15, 0.2) is 0 Å². The molecule has 1 saturated carbocycles. The summed E-state index contributed by atoms with van der Waals surface area (Å²) < 4.78 is 37.5. The molecule has 1 aliphatic carbocycles. The molecule has 1 rings (SSSR count). The summed E-state index contributed by atoms with van der Waals surface area (Å²) in [4.78, 5) is 13.1. The molecule has 0 unspecified atom stereocenters. The van der Waals surface area contributed by atoms with E-state index in [9.17, 15) is 18.0 Å². The van der Waals surface area contributed by atoms with E-state index in [1.54, 1.807) is 13.8 Å². The first-order valence-corrected chi connectivity index (χ1v) is 6.32. The molecule has 106 valence electrons. The second kappa shape index (κ2) is 5.47. The first kappa shape index (κ1) is 15.3. The summed E-state index contributed by atoms with van der Waals surface area (Å²) in [6.07, 6.45) is -0.821. The Morgan fingerprint density at radius 2 is 1.78 bits per heavy atom. The van der Waals surface area contributed by atoms with E-state index >= 15 is 0 Å². The highest BCUT2D eigenvalue weighted by Crippen LogP contribution is 2.29. The van der Waals surface area contributed by atoms with Crippen molar-refractivity contribution in [2.45, 2.75) is 63.7 Å². The minimum Gasteiger partial charge on any atom is -0.330 e. The van der Waals surface area contributed by atoms with Crippen molar-refractivity contribution in [3.8, 4) is 0 Å². The first-order chi connectivity index (χ1) is 8.16. The zero-order valence-corrected chi connectivity index (χ0v) is 10.9. The fraction of sp³-hybridized carbons (Fsp3) is 0.917. The number of carbonyl (C=O) groups is 1. The Hall–Kier alpha value is -0.780. The summed E-state index contributed by atoms with van der Waals surface area (Å²) in [7, 11) is 0. The molecule has 0 aromatic heterocycles. The fourth-order valence-corrected chi connectivity index (χ4v) is 2.36. The van der Waals surface area contributed by atoms with Gasteiger partial charge in [-0.15, -0.1) is 0 Å². The standard InChI is InChI=1S/C12H21F3N2O/c1-9(2)17(8-12(13,14)15)10(18)11(16)6-4-3-5-7-11/h9H,3-8,16H2,1-2H3. The summed E-state index contributed by atoms with van der Waals surface area (Å²) >= 11 is 0. The van der Waals surface area contributed by atoms with Crippen molar-refractivity contribution in [2.75, 3.05) is 6.54 Å². The number of nitrogens with zero attached hydrogens (tertiary/aromatic N) is 1. The predicted octanol–water partition coefficient (Wildman–Crippen LogP) is 2.45. The van der Waals surface area contributed by atoms with Crippen molar-refractivity contribution >= 4 is 5.91 Å². The van der Waals surface area contributed by atoms with Gasteiger partial charge in [0.2, 0.25) is 5.91 Å². The van der Waals surface area contributed by atoms with Crippen LogP contribution < -0.4 is 5.73 Å². The number of hydrogen-bond acceptors (Lipinski definition) is 2. The molecule has 1 aliphatic rings. The van der Waals surface area contributed by atoms with Gasteiger partial charge in [0.1, 0.15) is 6.54 Å². The smallest absolute Gasteiger partial charge is 0.330 e. The average molecular weight is 266 g/mol. The van der Waals surface area contributed by atoms with Crippen LogP contribution >= 0.6 is 0 Å². The molecule has 1 fully saturated rings. The molecule has 6 heteroatoms. The van der Waals surface area contributed by atoms with E-state index in [1.165, 1.54) is 0 Å². The number of nitrogens with two attached hydrogens (primary N) is 1. The summed E-state index contributed by atoms with van der Waals surface area (Å²) in [6.45, 7) is 1.94. The normalized spacial score (nSPS) is 19.9. The molecular formula is C12H21F3N2O. The second-order valence-electron chi connectivity index (χ2n) is 5.36. The topological polar surface area (TPSA) is 46.3 Å². The van der Waals surface area contributed by atoms with Crippen molar-refractivity contribution in [3.05, 3.63) is 0 Å². The summed E-state index contributed by atoms with van der Waals surface area (Å²) in [5.41, 5.74) is 4.90. The lowest BCUT2D eigenvalue weighted by molar-refractivity contribution is -0.168. The van der Waals surface area contributed by atoms with E-state index < -0.39 is 30.2 Å². The molecule has 3 nitrogen and oxygen atoms in total. The lowest BCUT2D eigenvalue weighted by Gasteiger charge is -2.38. The second-order valence-corrected chi connectivity index (χ2v) is 5.36. The van der Waals surface area contributed by atoms with Crippen LogP contribution in [0, 0.1) is 0 Å². The Bertz CT molecular complexity index is 296. The number of rotatable bonds is 3. The average Bonchev–Trinajstić information content (AvgIpc) is 2.24. The van der Waals surface area contributed by atoms with Gasteiger partial charge >= 0.3 is 6.18 Å². The summed E-state index contributed by atoms with van der Waals surface area (Å²) in [6, 6.07) is -0.499. The number of carbonyl (C=O) groups excluding carboxylic acids is 1. The number of halogens is 3. The van der Waals surface area contributed by atoms with Gasteiger partial charge in [-0.05, 0) is 26.7 Å². The van der Waals surface area contributed by atoms with Crippen LogP contribution in [-0.4, -0.2) is 35.1 Å². The molecule has 0 saturated heterocycles. The molecule has 0 aromatic carbocycles. The van der Waals surface area contributed by atoms with Crippen molar-refractivity contribution in [2.24, 2.45) is 5.73 Å². The van der Waals surface area contributed by atoms with Crippen LogP contribution in [0.4, 0.5) is 13.2 Å². The van der Waals surface area contributed by atoms with Gasteiger partial charge in [0, 0.05) is 6.04 Å². The van der Waals surface area contributed by atoms with Crippen LogP contribution in [0.5, 0.6) is 0 Å². The monoisotopic (exact) mass is 266 g/mol. The van der Waals surface area contributed by atoms with Crippen LogP contribution in [0.3, 0.4) is 0 Å². The number of hydrogen-bond donors (Lipinski definition) is 1. The van der Waals surface area contributed by atoms with Crippen molar-refractivity contribution in [1.29, 1.82) is 0 Å². The molecule has 1 amide bonds. The molecule has 0 aliphatic heterocycles. The van der Waals surface area contributed by atoms with Gasteiger partial charge < -0.3 is 10.6 Å². The highest BCUT2D eigenvalue weighted by atomic mass is 19.4. The van der Waals surface area contributed by atoms with E-state index in [-0.39, 0.29) is 0 Å². The lowest BCUT2D eigenvalue weighted by Crippen LogP contribution is -2.59. The summed E-state index contributed by atoms with van der Waals surface area (Å²) in [5.74, 6) is -0.561. The van der Waals surface area contributed by atoms with E-state index in [4.69, 9.17) is 5.73 Å². The van der Waals surface area contributed by atoms with E-state index in [0.717, 1.165) is 24.2 Å². The van der Waals surface area contributed by atoms with E-state index in [2.05, 4.69) is 0 Å². The van der Waals surface area contributed by atoms with Gasteiger partial charge in [-0.1, -0.05) is 19.3 Å². The third kappa shape index (κ3) is 3.86.